The zero-order chi connectivity index (χ0) is 13.3. The van der Waals surface area contributed by atoms with Crippen molar-refractivity contribution in [3.05, 3.63) is 0 Å². The largest absolute Gasteiger partial charge is 0.302 e. The molecule has 2 nitrogen and oxygen atoms in total. The van der Waals surface area contributed by atoms with E-state index in [9.17, 15) is 0 Å². The maximum absolute atomic E-state index is 5.31. The lowest BCUT2D eigenvalue weighted by molar-refractivity contribution is 0.0387. The van der Waals surface area contributed by atoms with Gasteiger partial charge in [0.25, 0.3) is 0 Å². The van der Waals surface area contributed by atoms with Gasteiger partial charge in [0.1, 0.15) is 0 Å². The average Bonchev–Trinajstić information content (AvgIpc) is 2.39. The first kappa shape index (κ1) is 17.9. The van der Waals surface area contributed by atoms with Crippen LogP contribution in [-0.4, -0.2) is 13.2 Å². The first-order valence-electron chi connectivity index (χ1n) is 8.26. The summed E-state index contributed by atoms with van der Waals surface area (Å²) < 4.78 is 0. The Bertz CT molecular complexity index is 123. The Morgan fingerprint density at radius 3 is 1.61 bits per heavy atom. The fraction of sp³-hybridized carbons (Fsp3) is 1.00. The third kappa shape index (κ3) is 15.9. The molecule has 0 aromatic heterocycles. The van der Waals surface area contributed by atoms with Crippen molar-refractivity contribution in [3.63, 3.8) is 0 Å². The second kappa shape index (κ2) is 16.9. The Kier molecular flexibility index (Phi) is 16.8. The predicted molar refractivity (Wildman–Crippen MR) is 80.7 cm³/mol. The van der Waals surface area contributed by atoms with Crippen LogP contribution in [0.15, 0.2) is 0 Å². The van der Waals surface area contributed by atoms with Crippen LogP contribution in [0.1, 0.15) is 90.9 Å². The molecular weight excluding hydrogens is 222 g/mol. The summed E-state index contributed by atoms with van der Waals surface area (Å²) >= 11 is 0. The standard InChI is InChI=1S/C16H35NO/c1-3-5-6-7-8-9-10-11-12-13-14-16-18-17-15-4-2/h17H,3-16H2,1-2H3. The molecule has 0 aromatic carbocycles. The fourth-order valence-corrected chi connectivity index (χ4v) is 2.08. The first-order chi connectivity index (χ1) is 8.91. The van der Waals surface area contributed by atoms with Crippen molar-refractivity contribution in [2.75, 3.05) is 13.2 Å². The minimum atomic E-state index is 0.872. The third-order valence-corrected chi connectivity index (χ3v) is 3.30. The highest BCUT2D eigenvalue weighted by Crippen LogP contribution is 2.11. The molecule has 0 radical (unpaired) electrons. The molecule has 0 atom stereocenters. The Morgan fingerprint density at radius 1 is 0.611 bits per heavy atom. The van der Waals surface area contributed by atoms with Gasteiger partial charge < -0.3 is 4.84 Å². The van der Waals surface area contributed by atoms with Crippen LogP contribution in [0.5, 0.6) is 0 Å². The lowest BCUT2D eigenvalue weighted by Gasteiger charge is -2.04. The van der Waals surface area contributed by atoms with E-state index in [-0.39, 0.29) is 0 Å². The molecule has 18 heavy (non-hydrogen) atoms. The van der Waals surface area contributed by atoms with E-state index in [0.29, 0.717) is 0 Å². The second-order valence-corrected chi connectivity index (χ2v) is 5.28. The molecule has 1 N–H and O–H groups in total. The van der Waals surface area contributed by atoms with Gasteiger partial charge in [0.2, 0.25) is 0 Å². The molecule has 0 amide bonds. The molecule has 0 fully saturated rings. The Balaban J connectivity index is 2.86. The maximum Gasteiger partial charge on any atom is 0.0682 e. The molecule has 0 aliphatic heterocycles. The van der Waals surface area contributed by atoms with Gasteiger partial charge >= 0.3 is 0 Å². The highest BCUT2D eigenvalue weighted by atomic mass is 16.6. The highest BCUT2D eigenvalue weighted by molar-refractivity contribution is 4.47. The van der Waals surface area contributed by atoms with Crippen molar-refractivity contribution in [1.29, 1.82) is 0 Å². The van der Waals surface area contributed by atoms with Gasteiger partial charge in [0.15, 0.2) is 0 Å². The summed E-state index contributed by atoms with van der Waals surface area (Å²) in [6.45, 7) is 6.27. The molecular formula is C16H35NO. The Labute approximate surface area is 115 Å². The van der Waals surface area contributed by atoms with Crippen LogP contribution in [0, 0.1) is 0 Å². The maximum atomic E-state index is 5.31. The summed E-state index contributed by atoms with van der Waals surface area (Å²) in [5.74, 6) is 0. The molecule has 0 spiro atoms. The molecule has 0 aliphatic carbocycles. The smallest absolute Gasteiger partial charge is 0.0682 e. The molecule has 0 rings (SSSR count). The minimum absolute atomic E-state index is 0.872. The van der Waals surface area contributed by atoms with Gasteiger partial charge in [-0.15, -0.1) is 0 Å². The Hall–Kier alpha value is -0.0800. The van der Waals surface area contributed by atoms with Gasteiger partial charge in [-0.1, -0.05) is 78.1 Å². The van der Waals surface area contributed by atoms with Crippen LogP contribution in [0.25, 0.3) is 0 Å². The molecule has 110 valence electrons. The third-order valence-electron chi connectivity index (χ3n) is 3.30. The van der Waals surface area contributed by atoms with Crippen LogP contribution in [0.2, 0.25) is 0 Å². The van der Waals surface area contributed by atoms with E-state index in [1.54, 1.807) is 0 Å². The minimum Gasteiger partial charge on any atom is -0.302 e. The zero-order valence-electron chi connectivity index (χ0n) is 12.8. The summed E-state index contributed by atoms with van der Waals surface area (Å²) in [4.78, 5) is 5.31. The lowest BCUT2D eigenvalue weighted by atomic mass is 10.1. The van der Waals surface area contributed by atoms with Crippen LogP contribution >= 0.6 is 0 Å². The summed E-state index contributed by atoms with van der Waals surface area (Å²) in [6.07, 6.45) is 16.4. The van der Waals surface area contributed by atoms with E-state index < -0.39 is 0 Å². The van der Waals surface area contributed by atoms with Gasteiger partial charge in [-0.25, -0.2) is 5.48 Å². The summed E-state index contributed by atoms with van der Waals surface area (Å²) in [6, 6.07) is 0. The summed E-state index contributed by atoms with van der Waals surface area (Å²) in [5.41, 5.74) is 2.97. The van der Waals surface area contributed by atoms with Crippen molar-refractivity contribution >= 4 is 0 Å². The number of unbranched alkanes of at least 4 members (excludes halogenated alkanes) is 10. The number of rotatable bonds is 15. The van der Waals surface area contributed by atoms with E-state index in [1.807, 2.05) is 0 Å². The normalized spacial score (nSPS) is 11.0. The molecule has 0 saturated heterocycles. The van der Waals surface area contributed by atoms with Crippen molar-refractivity contribution in [2.45, 2.75) is 90.9 Å². The van der Waals surface area contributed by atoms with Gasteiger partial charge in [-0.05, 0) is 12.8 Å². The topological polar surface area (TPSA) is 21.3 Å². The predicted octanol–water partition coefficient (Wildman–Crippen LogP) is 5.23. The molecule has 0 aliphatic rings. The zero-order valence-corrected chi connectivity index (χ0v) is 12.8. The van der Waals surface area contributed by atoms with E-state index in [4.69, 9.17) is 4.84 Å². The number of hydroxylamine groups is 1. The van der Waals surface area contributed by atoms with Crippen molar-refractivity contribution in [2.24, 2.45) is 0 Å². The van der Waals surface area contributed by atoms with E-state index in [1.165, 1.54) is 70.6 Å². The van der Waals surface area contributed by atoms with E-state index in [2.05, 4.69) is 19.3 Å². The summed E-state index contributed by atoms with van der Waals surface area (Å²) in [5, 5.41) is 0. The summed E-state index contributed by atoms with van der Waals surface area (Å²) in [7, 11) is 0. The number of hydrogen-bond donors (Lipinski definition) is 1. The molecule has 0 aromatic rings. The van der Waals surface area contributed by atoms with Gasteiger partial charge in [0.05, 0.1) is 6.61 Å². The molecule has 0 heterocycles. The fourth-order valence-electron chi connectivity index (χ4n) is 2.08. The lowest BCUT2D eigenvalue weighted by Crippen LogP contribution is -2.15. The van der Waals surface area contributed by atoms with E-state index >= 15 is 0 Å². The quantitative estimate of drug-likeness (QED) is 0.320. The number of hydrogen-bond acceptors (Lipinski definition) is 2. The van der Waals surface area contributed by atoms with Crippen molar-refractivity contribution < 1.29 is 4.84 Å². The molecule has 0 saturated carbocycles. The monoisotopic (exact) mass is 257 g/mol. The van der Waals surface area contributed by atoms with Crippen LogP contribution < -0.4 is 5.48 Å². The van der Waals surface area contributed by atoms with Crippen molar-refractivity contribution in [3.8, 4) is 0 Å². The Morgan fingerprint density at radius 2 is 1.11 bits per heavy atom. The number of nitrogens with one attached hydrogen (secondary N) is 1. The SMILES string of the molecule is CCCCCCCCCCCCCONCCC. The molecule has 0 bridgehead atoms. The molecule has 2 heteroatoms. The van der Waals surface area contributed by atoms with Crippen LogP contribution in [0.3, 0.4) is 0 Å². The van der Waals surface area contributed by atoms with Crippen molar-refractivity contribution in [1.82, 2.24) is 5.48 Å². The highest BCUT2D eigenvalue weighted by Gasteiger charge is 1.93. The van der Waals surface area contributed by atoms with E-state index in [0.717, 1.165) is 19.6 Å². The van der Waals surface area contributed by atoms with Gasteiger partial charge in [-0.3, -0.25) is 0 Å². The second-order valence-electron chi connectivity index (χ2n) is 5.28. The van der Waals surface area contributed by atoms with Gasteiger partial charge in [-0.2, -0.15) is 0 Å². The van der Waals surface area contributed by atoms with Crippen LogP contribution in [0.4, 0.5) is 0 Å². The van der Waals surface area contributed by atoms with Gasteiger partial charge in [0, 0.05) is 6.54 Å². The molecule has 0 unspecified atom stereocenters. The first-order valence-corrected chi connectivity index (χ1v) is 8.26. The van der Waals surface area contributed by atoms with Crippen LogP contribution in [-0.2, 0) is 4.84 Å². The average molecular weight is 257 g/mol.